The number of carbonyl (C=O) groups excluding carboxylic acids is 1. The topological polar surface area (TPSA) is 59.3 Å². The van der Waals surface area contributed by atoms with Crippen molar-refractivity contribution in [2.24, 2.45) is 12.0 Å². The summed E-state index contributed by atoms with van der Waals surface area (Å²) in [6.45, 7) is 5.10. The van der Waals surface area contributed by atoms with Gasteiger partial charge in [-0.05, 0) is 42.8 Å². The molecule has 1 aliphatic heterocycles. The second kappa shape index (κ2) is 8.47. The number of nitrogens with zero attached hydrogens (tertiary/aromatic N) is 3. The number of aliphatic imine (C=N–C) groups is 1. The quantitative estimate of drug-likeness (QED) is 0.607. The minimum Gasteiger partial charge on any atom is -0.321 e. The highest BCUT2D eigenvalue weighted by Gasteiger charge is 2.31. The molecule has 0 fully saturated rings. The van der Waals surface area contributed by atoms with Crippen LogP contribution in [0.5, 0.6) is 0 Å². The number of allylic oxidation sites excluding steroid dienone is 1. The van der Waals surface area contributed by atoms with Crippen molar-refractivity contribution < 1.29 is 18.0 Å². The van der Waals surface area contributed by atoms with Gasteiger partial charge in [0, 0.05) is 18.3 Å². The zero-order chi connectivity index (χ0) is 22.1. The van der Waals surface area contributed by atoms with E-state index in [1.165, 1.54) is 19.2 Å². The van der Waals surface area contributed by atoms with E-state index in [4.69, 9.17) is 11.6 Å². The van der Waals surface area contributed by atoms with E-state index < -0.39 is 23.3 Å². The van der Waals surface area contributed by atoms with Gasteiger partial charge in [-0.2, -0.15) is 13.9 Å². The molecule has 0 radical (unpaired) electrons. The summed E-state index contributed by atoms with van der Waals surface area (Å²) >= 11 is 6.09. The first-order chi connectivity index (χ1) is 14.2. The van der Waals surface area contributed by atoms with E-state index in [1.54, 1.807) is 6.08 Å². The number of aryl methyl sites for hydroxylation is 1. The van der Waals surface area contributed by atoms with Crippen LogP contribution in [0.3, 0.4) is 0 Å². The number of amides is 1. The van der Waals surface area contributed by atoms with Crippen LogP contribution in [0, 0.1) is 5.82 Å². The Morgan fingerprint density at radius 1 is 1.40 bits per heavy atom. The molecule has 2 aromatic rings. The number of aromatic nitrogens is 2. The third-order valence-electron chi connectivity index (χ3n) is 4.64. The number of carbonyl (C=O) groups is 1. The van der Waals surface area contributed by atoms with Crippen LogP contribution in [-0.4, -0.2) is 27.4 Å². The van der Waals surface area contributed by atoms with Gasteiger partial charge < -0.3 is 5.32 Å². The number of halogens is 4. The highest BCUT2D eigenvalue weighted by molar-refractivity contribution is 6.61. The normalized spacial score (nSPS) is 16.3. The average Bonchev–Trinajstić information content (AvgIpc) is 3.25. The van der Waals surface area contributed by atoms with Crippen molar-refractivity contribution >= 4 is 28.9 Å². The molecule has 1 aromatic heterocycles. The fourth-order valence-corrected chi connectivity index (χ4v) is 3.38. The van der Waals surface area contributed by atoms with Gasteiger partial charge in [0.15, 0.2) is 0 Å². The third kappa shape index (κ3) is 4.33. The van der Waals surface area contributed by atoms with Crippen LogP contribution in [0.15, 0.2) is 53.0 Å². The Labute approximate surface area is 176 Å². The van der Waals surface area contributed by atoms with Crippen molar-refractivity contribution in [2.75, 3.05) is 5.32 Å². The Morgan fingerprint density at radius 2 is 2.13 bits per heavy atom. The second-order valence-electron chi connectivity index (χ2n) is 6.86. The summed E-state index contributed by atoms with van der Waals surface area (Å²) in [4.78, 5) is 16.7. The van der Waals surface area contributed by atoms with Gasteiger partial charge in [0.25, 0.3) is 5.91 Å². The van der Waals surface area contributed by atoms with Crippen molar-refractivity contribution in [3.8, 4) is 11.3 Å². The molecule has 1 aromatic carbocycles. The van der Waals surface area contributed by atoms with Crippen LogP contribution in [0.2, 0.25) is 0 Å². The Hall–Kier alpha value is -2.87. The number of nitrogens with one attached hydrogen (secondary N) is 1. The first-order valence-corrected chi connectivity index (χ1v) is 9.66. The SMILES string of the molecule is C=CC(F)(F)c1cc(-c2ccc(NC(=O)C3=NC(CCC)C=C3Cl)cc2F)n(C)n1. The summed E-state index contributed by atoms with van der Waals surface area (Å²) in [5.41, 5.74) is -0.0218. The molecular formula is C21H20ClF3N4O. The molecule has 1 N–H and O–H groups in total. The maximum atomic E-state index is 14.7. The lowest BCUT2D eigenvalue weighted by molar-refractivity contribution is -0.110. The standard InChI is InChI=1S/C21H20ClF3N4O/c1-4-6-12-9-15(22)19(26-12)20(30)27-13-7-8-14(16(23)10-13)17-11-18(28-29(17)3)21(24,25)5-2/h5,7-12H,2,4,6H2,1,3H3,(H,27,30). The minimum atomic E-state index is -3.33. The molecule has 1 unspecified atom stereocenters. The fourth-order valence-electron chi connectivity index (χ4n) is 3.10. The molecule has 1 atom stereocenters. The molecule has 30 heavy (non-hydrogen) atoms. The number of alkyl halides is 2. The number of anilines is 1. The maximum Gasteiger partial charge on any atom is 0.309 e. The lowest BCUT2D eigenvalue weighted by Gasteiger charge is -2.09. The van der Waals surface area contributed by atoms with Gasteiger partial charge in [-0.15, -0.1) is 0 Å². The van der Waals surface area contributed by atoms with Crippen molar-refractivity contribution in [3.63, 3.8) is 0 Å². The van der Waals surface area contributed by atoms with Crippen LogP contribution < -0.4 is 5.32 Å². The smallest absolute Gasteiger partial charge is 0.309 e. The maximum absolute atomic E-state index is 14.7. The van der Waals surface area contributed by atoms with Crippen molar-refractivity contribution in [1.29, 1.82) is 0 Å². The Balaban J connectivity index is 1.82. The molecule has 0 spiro atoms. The Morgan fingerprint density at radius 3 is 2.77 bits per heavy atom. The lowest BCUT2D eigenvalue weighted by atomic mass is 10.1. The van der Waals surface area contributed by atoms with Crippen LogP contribution in [0.25, 0.3) is 11.3 Å². The first kappa shape index (κ1) is 21.8. The summed E-state index contributed by atoms with van der Waals surface area (Å²) in [5.74, 6) is -4.58. The second-order valence-corrected chi connectivity index (χ2v) is 7.27. The van der Waals surface area contributed by atoms with Crippen LogP contribution in [-0.2, 0) is 17.8 Å². The van der Waals surface area contributed by atoms with E-state index in [0.29, 0.717) is 6.08 Å². The predicted octanol–water partition coefficient (Wildman–Crippen LogP) is 5.19. The van der Waals surface area contributed by atoms with E-state index in [-0.39, 0.29) is 33.7 Å². The Kier molecular flexibility index (Phi) is 6.17. The van der Waals surface area contributed by atoms with E-state index >= 15 is 0 Å². The molecule has 158 valence electrons. The van der Waals surface area contributed by atoms with Gasteiger partial charge in [0.05, 0.1) is 16.8 Å². The molecule has 9 heteroatoms. The molecular weight excluding hydrogens is 417 g/mol. The van der Waals surface area contributed by atoms with Gasteiger partial charge >= 0.3 is 5.92 Å². The minimum absolute atomic E-state index is 0.0632. The molecule has 5 nitrogen and oxygen atoms in total. The lowest BCUT2D eigenvalue weighted by Crippen LogP contribution is -2.22. The fraction of sp³-hybridized carbons (Fsp3) is 0.286. The molecule has 0 saturated carbocycles. The third-order valence-corrected chi connectivity index (χ3v) is 4.94. The highest BCUT2D eigenvalue weighted by Crippen LogP contribution is 2.32. The largest absolute Gasteiger partial charge is 0.321 e. The van der Waals surface area contributed by atoms with E-state index in [2.05, 4.69) is 22.0 Å². The first-order valence-electron chi connectivity index (χ1n) is 9.29. The van der Waals surface area contributed by atoms with Gasteiger partial charge in [-0.25, -0.2) is 4.39 Å². The van der Waals surface area contributed by atoms with Crippen molar-refractivity contribution in [2.45, 2.75) is 31.7 Å². The van der Waals surface area contributed by atoms with E-state index in [9.17, 15) is 18.0 Å². The molecule has 3 rings (SSSR count). The highest BCUT2D eigenvalue weighted by atomic mass is 35.5. The molecule has 2 heterocycles. The molecule has 1 aliphatic rings. The van der Waals surface area contributed by atoms with Crippen LogP contribution in [0.4, 0.5) is 18.9 Å². The molecule has 0 saturated heterocycles. The zero-order valence-corrected chi connectivity index (χ0v) is 17.2. The predicted molar refractivity (Wildman–Crippen MR) is 111 cm³/mol. The summed E-state index contributed by atoms with van der Waals surface area (Å²) in [6.07, 6.45) is 3.85. The number of hydrogen-bond acceptors (Lipinski definition) is 3. The number of benzene rings is 1. The molecule has 0 aliphatic carbocycles. The zero-order valence-electron chi connectivity index (χ0n) is 16.4. The summed E-state index contributed by atoms with van der Waals surface area (Å²) in [7, 11) is 1.44. The van der Waals surface area contributed by atoms with E-state index in [0.717, 1.165) is 29.7 Å². The monoisotopic (exact) mass is 436 g/mol. The van der Waals surface area contributed by atoms with Crippen LogP contribution >= 0.6 is 11.6 Å². The summed E-state index contributed by atoms with van der Waals surface area (Å²) in [5, 5.41) is 6.56. The molecule has 1 amide bonds. The molecule has 0 bridgehead atoms. The number of hydrogen-bond donors (Lipinski definition) is 1. The summed E-state index contributed by atoms with van der Waals surface area (Å²) in [6, 6.07) is 4.90. The van der Waals surface area contributed by atoms with Gasteiger partial charge in [-0.3, -0.25) is 14.5 Å². The Bertz CT molecular complexity index is 1060. The van der Waals surface area contributed by atoms with Gasteiger partial charge in [0.1, 0.15) is 17.2 Å². The number of rotatable bonds is 7. The van der Waals surface area contributed by atoms with E-state index in [1.807, 2.05) is 6.92 Å². The van der Waals surface area contributed by atoms with Crippen LogP contribution in [0.1, 0.15) is 25.5 Å². The van der Waals surface area contributed by atoms with Crippen molar-refractivity contribution in [3.05, 3.63) is 59.5 Å². The van der Waals surface area contributed by atoms with Crippen molar-refractivity contribution in [1.82, 2.24) is 9.78 Å². The summed E-state index contributed by atoms with van der Waals surface area (Å²) < 4.78 is 43.5. The van der Waals surface area contributed by atoms with Gasteiger partial charge in [-0.1, -0.05) is 31.5 Å². The van der Waals surface area contributed by atoms with Gasteiger partial charge in [0.2, 0.25) is 0 Å². The average molecular weight is 437 g/mol.